The molecule has 0 spiro atoms. The molecule has 0 aliphatic carbocycles. The molecule has 0 aliphatic heterocycles. The number of amides is 1. The first-order valence-corrected chi connectivity index (χ1v) is 8.71. The molecule has 0 fully saturated rings. The summed E-state index contributed by atoms with van der Waals surface area (Å²) in [7, 11) is 0. The third kappa shape index (κ3) is 4.19. The van der Waals surface area contributed by atoms with Crippen LogP contribution in [0.5, 0.6) is 0 Å². The lowest BCUT2D eigenvalue weighted by Crippen LogP contribution is -2.19. The van der Waals surface area contributed by atoms with Crippen LogP contribution in [0.25, 0.3) is 6.08 Å². The van der Waals surface area contributed by atoms with Crippen LogP contribution in [0.2, 0.25) is 0 Å². The predicted molar refractivity (Wildman–Crippen MR) is 92.3 cm³/mol. The topological polar surface area (TPSA) is 62.5 Å². The van der Waals surface area contributed by atoms with Crippen molar-refractivity contribution in [2.45, 2.75) is 12.6 Å². The van der Waals surface area contributed by atoms with Crippen LogP contribution < -0.4 is 5.32 Å². The van der Waals surface area contributed by atoms with Gasteiger partial charge >= 0.3 is 0 Å². The van der Waals surface area contributed by atoms with Crippen molar-refractivity contribution >= 4 is 34.7 Å². The maximum atomic E-state index is 11.8. The maximum absolute atomic E-state index is 11.8. The van der Waals surface area contributed by atoms with Crippen LogP contribution in [-0.4, -0.2) is 11.0 Å². The van der Waals surface area contributed by atoms with Gasteiger partial charge in [-0.15, -0.1) is 22.7 Å². The first-order chi connectivity index (χ1) is 11.2. The van der Waals surface area contributed by atoms with Crippen LogP contribution in [0.3, 0.4) is 0 Å². The van der Waals surface area contributed by atoms with Crippen LogP contribution in [-0.2, 0) is 11.3 Å². The summed E-state index contributed by atoms with van der Waals surface area (Å²) < 4.78 is 5.20. The van der Waals surface area contributed by atoms with Gasteiger partial charge in [-0.2, -0.15) is 0 Å². The fourth-order valence-electron chi connectivity index (χ4n) is 2.00. The normalized spacial score (nSPS) is 12.6. The number of rotatable bonds is 6. The van der Waals surface area contributed by atoms with E-state index in [1.165, 1.54) is 23.7 Å². The predicted octanol–water partition coefficient (Wildman–Crippen LogP) is 3.81. The Morgan fingerprint density at radius 1 is 1.30 bits per heavy atom. The fraction of sp³-hybridized carbons (Fsp3) is 0.118. The molecule has 3 rings (SSSR count). The average Bonchev–Trinajstić information content (AvgIpc) is 3.33. The van der Waals surface area contributed by atoms with E-state index in [0.29, 0.717) is 12.3 Å². The molecule has 0 saturated heterocycles. The summed E-state index contributed by atoms with van der Waals surface area (Å²) >= 11 is 3.03. The van der Waals surface area contributed by atoms with Gasteiger partial charge < -0.3 is 14.8 Å². The standard InChI is InChI=1S/C17H15NO3S2/c19-16(8-6-12-3-2-10-22-12)18-11-13-5-7-15(23-13)17(20)14-4-1-9-21-14/h1-10,17,20H,11H2,(H,18,19)/b8-6+. The Bertz CT molecular complexity index is 773. The summed E-state index contributed by atoms with van der Waals surface area (Å²) in [4.78, 5) is 14.6. The molecule has 1 unspecified atom stereocenters. The molecule has 3 aromatic heterocycles. The van der Waals surface area contributed by atoms with Crippen molar-refractivity contribution in [1.29, 1.82) is 0 Å². The summed E-state index contributed by atoms with van der Waals surface area (Å²) in [6.45, 7) is 0.434. The number of furan rings is 1. The van der Waals surface area contributed by atoms with Gasteiger partial charge in [0.25, 0.3) is 0 Å². The summed E-state index contributed by atoms with van der Waals surface area (Å²) in [6, 6.07) is 11.1. The third-order valence-corrected chi connectivity index (χ3v) is 5.12. The molecule has 3 heterocycles. The van der Waals surface area contributed by atoms with E-state index >= 15 is 0 Å². The van der Waals surface area contributed by atoms with E-state index in [4.69, 9.17) is 4.42 Å². The van der Waals surface area contributed by atoms with Crippen LogP contribution in [0.15, 0.2) is 58.5 Å². The highest BCUT2D eigenvalue weighted by atomic mass is 32.1. The third-order valence-electron chi connectivity index (χ3n) is 3.14. The molecule has 0 aromatic carbocycles. The van der Waals surface area contributed by atoms with E-state index in [2.05, 4.69) is 5.32 Å². The fourth-order valence-corrected chi connectivity index (χ4v) is 3.57. The zero-order valence-corrected chi connectivity index (χ0v) is 13.8. The first-order valence-electron chi connectivity index (χ1n) is 7.02. The zero-order chi connectivity index (χ0) is 16.1. The van der Waals surface area contributed by atoms with Gasteiger partial charge in [-0.05, 0) is 41.8 Å². The molecular weight excluding hydrogens is 330 g/mol. The van der Waals surface area contributed by atoms with E-state index in [-0.39, 0.29) is 5.91 Å². The first kappa shape index (κ1) is 15.7. The smallest absolute Gasteiger partial charge is 0.244 e. The van der Waals surface area contributed by atoms with Gasteiger partial charge in [0.15, 0.2) is 0 Å². The van der Waals surface area contributed by atoms with Crippen LogP contribution in [0.1, 0.15) is 26.5 Å². The van der Waals surface area contributed by atoms with Gasteiger partial charge in [0.1, 0.15) is 11.9 Å². The largest absolute Gasteiger partial charge is 0.466 e. The Labute approximate surface area is 141 Å². The minimum atomic E-state index is -0.766. The Morgan fingerprint density at radius 2 is 2.22 bits per heavy atom. The van der Waals surface area contributed by atoms with Crippen molar-refractivity contribution < 1.29 is 14.3 Å². The van der Waals surface area contributed by atoms with E-state index in [1.54, 1.807) is 29.5 Å². The van der Waals surface area contributed by atoms with Crippen molar-refractivity contribution in [3.05, 3.63) is 74.5 Å². The number of carbonyl (C=O) groups excluding carboxylic acids is 1. The summed E-state index contributed by atoms with van der Waals surface area (Å²) in [6.07, 6.45) is 4.09. The molecule has 0 radical (unpaired) electrons. The quantitative estimate of drug-likeness (QED) is 0.668. The molecular formula is C17H15NO3S2. The number of thiophene rings is 2. The molecule has 0 bridgehead atoms. The number of hydrogen-bond donors (Lipinski definition) is 2. The Morgan fingerprint density at radius 3 is 2.96 bits per heavy atom. The zero-order valence-electron chi connectivity index (χ0n) is 12.1. The molecule has 0 saturated carbocycles. The van der Waals surface area contributed by atoms with Crippen molar-refractivity contribution in [3.8, 4) is 0 Å². The van der Waals surface area contributed by atoms with Crippen molar-refractivity contribution in [2.75, 3.05) is 0 Å². The minimum absolute atomic E-state index is 0.139. The monoisotopic (exact) mass is 345 g/mol. The molecule has 1 atom stereocenters. The number of hydrogen-bond acceptors (Lipinski definition) is 5. The molecule has 3 aromatic rings. The molecule has 6 heteroatoms. The number of aliphatic hydroxyl groups is 1. The van der Waals surface area contributed by atoms with E-state index < -0.39 is 6.10 Å². The van der Waals surface area contributed by atoms with Gasteiger partial charge in [-0.25, -0.2) is 0 Å². The van der Waals surface area contributed by atoms with Crippen LogP contribution in [0.4, 0.5) is 0 Å². The second kappa shape index (κ2) is 7.41. The molecule has 1 amide bonds. The lowest BCUT2D eigenvalue weighted by Gasteiger charge is -2.04. The Balaban J connectivity index is 1.54. The van der Waals surface area contributed by atoms with E-state index in [1.807, 2.05) is 29.6 Å². The average molecular weight is 345 g/mol. The molecule has 23 heavy (non-hydrogen) atoms. The number of aliphatic hydroxyl groups excluding tert-OH is 1. The van der Waals surface area contributed by atoms with Crippen molar-refractivity contribution in [2.24, 2.45) is 0 Å². The molecule has 0 aliphatic rings. The lowest BCUT2D eigenvalue weighted by molar-refractivity contribution is -0.116. The summed E-state index contributed by atoms with van der Waals surface area (Å²) in [5.41, 5.74) is 0. The van der Waals surface area contributed by atoms with Gasteiger partial charge in [0.2, 0.25) is 5.91 Å². The lowest BCUT2D eigenvalue weighted by atomic mass is 10.2. The van der Waals surface area contributed by atoms with Crippen molar-refractivity contribution in [3.63, 3.8) is 0 Å². The van der Waals surface area contributed by atoms with E-state index in [9.17, 15) is 9.90 Å². The van der Waals surface area contributed by atoms with Crippen molar-refractivity contribution in [1.82, 2.24) is 5.32 Å². The Hall–Kier alpha value is -2.15. The van der Waals surface area contributed by atoms with Crippen LogP contribution >= 0.6 is 22.7 Å². The highest BCUT2D eigenvalue weighted by Crippen LogP contribution is 2.28. The van der Waals surface area contributed by atoms with Gasteiger partial charge in [-0.1, -0.05) is 6.07 Å². The second-order valence-electron chi connectivity index (χ2n) is 4.79. The molecule has 2 N–H and O–H groups in total. The second-order valence-corrected chi connectivity index (χ2v) is 6.97. The molecule has 4 nitrogen and oxygen atoms in total. The highest BCUT2D eigenvalue weighted by Gasteiger charge is 2.15. The SMILES string of the molecule is O=C(/C=C/c1cccs1)NCc1ccc(C(O)c2ccco2)s1. The van der Waals surface area contributed by atoms with Gasteiger partial charge in [0.05, 0.1) is 12.8 Å². The van der Waals surface area contributed by atoms with Gasteiger partial charge in [-0.3, -0.25) is 4.79 Å². The number of nitrogens with one attached hydrogen (secondary N) is 1. The molecule has 118 valence electrons. The Kier molecular flexibility index (Phi) is 5.07. The summed E-state index contributed by atoms with van der Waals surface area (Å²) in [5.74, 6) is 0.376. The number of carbonyl (C=O) groups is 1. The van der Waals surface area contributed by atoms with Crippen LogP contribution in [0, 0.1) is 0 Å². The maximum Gasteiger partial charge on any atom is 0.244 e. The summed E-state index contributed by atoms with van der Waals surface area (Å²) in [5, 5.41) is 15.0. The van der Waals surface area contributed by atoms with E-state index in [0.717, 1.165) is 14.6 Å². The van der Waals surface area contributed by atoms with Gasteiger partial charge in [0, 0.05) is 20.7 Å². The minimum Gasteiger partial charge on any atom is -0.466 e. The highest BCUT2D eigenvalue weighted by molar-refractivity contribution is 7.12.